The van der Waals surface area contributed by atoms with Gasteiger partial charge in [-0.1, -0.05) is 56.5 Å². The molecule has 0 spiro atoms. The van der Waals surface area contributed by atoms with Gasteiger partial charge in [0.1, 0.15) is 5.76 Å². The molecule has 2 heterocycles. The zero-order chi connectivity index (χ0) is 22.6. The van der Waals surface area contributed by atoms with Gasteiger partial charge in [0.15, 0.2) is 0 Å². The number of carbonyl (C=O) groups is 2. The van der Waals surface area contributed by atoms with Crippen molar-refractivity contribution in [2.45, 2.75) is 71.1 Å². The topological polar surface area (TPSA) is 63.0 Å². The van der Waals surface area contributed by atoms with Gasteiger partial charge in [0.2, 0.25) is 11.8 Å². The van der Waals surface area contributed by atoms with Crippen LogP contribution in [0.25, 0.3) is 0 Å². The van der Waals surface area contributed by atoms with Crippen LogP contribution in [0.2, 0.25) is 0 Å². The summed E-state index contributed by atoms with van der Waals surface area (Å²) in [5.41, 5.74) is 1.05. The molecular weight excluding hydrogens is 404 g/mol. The number of furan rings is 1. The molecule has 174 valence electrons. The number of carbonyl (C=O) groups excluding carboxylic acids is 2. The largest absolute Gasteiger partial charge is 0.467 e. The van der Waals surface area contributed by atoms with Crippen molar-refractivity contribution in [3.63, 3.8) is 0 Å². The fourth-order valence-corrected chi connectivity index (χ4v) is 4.04. The molecule has 6 heteroatoms. The quantitative estimate of drug-likeness (QED) is 0.420. The molecule has 2 aromatic rings. The number of amides is 2. The molecule has 1 atom stereocenters. The Hall–Kier alpha value is -2.60. The van der Waals surface area contributed by atoms with E-state index in [9.17, 15) is 9.59 Å². The molecule has 6 nitrogen and oxygen atoms in total. The smallest absolute Gasteiger partial charge is 0.242 e. The Bertz CT molecular complexity index is 800. The molecule has 0 bridgehead atoms. The van der Waals surface area contributed by atoms with E-state index in [1.807, 2.05) is 42.5 Å². The maximum Gasteiger partial charge on any atom is 0.242 e. The summed E-state index contributed by atoms with van der Waals surface area (Å²) < 4.78 is 11.3. The molecule has 1 aromatic heterocycles. The number of rotatable bonds is 13. The normalized spacial score (nSPS) is 15.6. The van der Waals surface area contributed by atoms with Crippen molar-refractivity contribution >= 4 is 11.8 Å². The second-order valence-corrected chi connectivity index (χ2v) is 8.53. The van der Waals surface area contributed by atoms with Gasteiger partial charge in [-0.15, -0.1) is 0 Å². The first-order valence-corrected chi connectivity index (χ1v) is 11.9. The Balaban J connectivity index is 1.67. The standard InChI is InChI=1S/C26H36N2O4/c1-2-3-4-8-15-25(29)28(20-24-14-10-17-32-24)21-26(30)27(19-23-13-9-16-31-23)18-22-11-6-5-7-12-22/h5-7,9,11-13,16,24H,2-4,8,10,14-15,17-21H2,1H3. The van der Waals surface area contributed by atoms with E-state index in [0.717, 1.165) is 56.5 Å². The van der Waals surface area contributed by atoms with Crippen LogP contribution in [0.1, 0.15) is 63.2 Å². The van der Waals surface area contributed by atoms with Crippen LogP contribution in [0.3, 0.4) is 0 Å². The second-order valence-electron chi connectivity index (χ2n) is 8.53. The van der Waals surface area contributed by atoms with Gasteiger partial charge in [-0.3, -0.25) is 9.59 Å². The number of benzene rings is 1. The first-order valence-electron chi connectivity index (χ1n) is 11.9. The van der Waals surface area contributed by atoms with Gasteiger partial charge in [0, 0.05) is 26.1 Å². The summed E-state index contributed by atoms with van der Waals surface area (Å²) in [4.78, 5) is 29.9. The zero-order valence-corrected chi connectivity index (χ0v) is 19.2. The van der Waals surface area contributed by atoms with E-state index in [4.69, 9.17) is 9.15 Å². The van der Waals surface area contributed by atoms with Crippen LogP contribution in [-0.2, 0) is 27.4 Å². The van der Waals surface area contributed by atoms with Gasteiger partial charge in [-0.05, 0) is 37.0 Å². The molecule has 0 aliphatic carbocycles. The lowest BCUT2D eigenvalue weighted by atomic mass is 10.1. The average Bonchev–Trinajstić information content (AvgIpc) is 3.51. The minimum absolute atomic E-state index is 0.0232. The highest BCUT2D eigenvalue weighted by molar-refractivity contribution is 5.84. The van der Waals surface area contributed by atoms with Gasteiger partial charge < -0.3 is 19.0 Å². The lowest BCUT2D eigenvalue weighted by molar-refractivity contribution is -0.142. The van der Waals surface area contributed by atoms with Crippen molar-refractivity contribution in [1.82, 2.24) is 9.80 Å². The molecule has 3 rings (SSSR count). The van der Waals surface area contributed by atoms with Crippen molar-refractivity contribution in [2.24, 2.45) is 0 Å². The predicted molar refractivity (Wildman–Crippen MR) is 124 cm³/mol. The van der Waals surface area contributed by atoms with Crippen LogP contribution in [0.15, 0.2) is 53.1 Å². The monoisotopic (exact) mass is 440 g/mol. The maximum absolute atomic E-state index is 13.4. The molecule has 1 aliphatic heterocycles. The molecule has 32 heavy (non-hydrogen) atoms. The third kappa shape index (κ3) is 7.83. The highest BCUT2D eigenvalue weighted by atomic mass is 16.5. The molecule has 0 radical (unpaired) electrons. The van der Waals surface area contributed by atoms with Crippen LogP contribution in [0.5, 0.6) is 0 Å². The van der Waals surface area contributed by atoms with E-state index < -0.39 is 0 Å². The minimum atomic E-state index is -0.0786. The van der Waals surface area contributed by atoms with Crippen LogP contribution >= 0.6 is 0 Å². The number of unbranched alkanes of at least 4 members (excludes halogenated alkanes) is 3. The number of nitrogens with zero attached hydrogens (tertiary/aromatic N) is 2. The molecule has 0 N–H and O–H groups in total. The maximum atomic E-state index is 13.4. The molecule has 1 aliphatic rings. The molecular formula is C26H36N2O4. The number of hydrogen-bond donors (Lipinski definition) is 0. The van der Waals surface area contributed by atoms with E-state index in [1.54, 1.807) is 16.1 Å². The highest BCUT2D eigenvalue weighted by Gasteiger charge is 2.26. The van der Waals surface area contributed by atoms with Gasteiger partial charge in [0.05, 0.1) is 25.5 Å². The summed E-state index contributed by atoms with van der Waals surface area (Å²) in [6.45, 7) is 4.29. The SMILES string of the molecule is CCCCCCC(=O)N(CC(=O)N(Cc1ccccc1)Cc1ccco1)CC1CCCO1. The summed E-state index contributed by atoms with van der Waals surface area (Å²) in [7, 11) is 0. The van der Waals surface area contributed by atoms with Crippen molar-refractivity contribution in [3.8, 4) is 0 Å². The minimum Gasteiger partial charge on any atom is -0.467 e. The Labute approximate surface area is 191 Å². The van der Waals surface area contributed by atoms with Crippen molar-refractivity contribution < 1.29 is 18.7 Å². The van der Waals surface area contributed by atoms with E-state index in [1.165, 1.54) is 0 Å². The Morgan fingerprint density at radius 1 is 0.969 bits per heavy atom. The van der Waals surface area contributed by atoms with Crippen LogP contribution in [0.4, 0.5) is 0 Å². The summed E-state index contributed by atoms with van der Waals surface area (Å²) >= 11 is 0. The first kappa shape index (κ1) is 24.1. The Morgan fingerprint density at radius 3 is 2.50 bits per heavy atom. The van der Waals surface area contributed by atoms with E-state index in [-0.39, 0.29) is 24.5 Å². The van der Waals surface area contributed by atoms with Gasteiger partial charge in [0.25, 0.3) is 0 Å². The van der Waals surface area contributed by atoms with Crippen LogP contribution in [0, 0.1) is 0 Å². The average molecular weight is 441 g/mol. The molecule has 1 saturated heterocycles. The third-order valence-corrected chi connectivity index (χ3v) is 5.87. The van der Waals surface area contributed by atoms with Crippen molar-refractivity contribution in [2.75, 3.05) is 19.7 Å². The van der Waals surface area contributed by atoms with Gasteiger partial charge in [-0.2, -0.15) is 0 Å². The molecule has 0 saturated carbocycles. The predicted octanol–water partition coefficient (Wildman–Crippen LogP) is 4.79. The number of hydrogen-bond acceptors (Lipinski definition) is 4. The molecule has 1 fully saturated rings. The highest BCUT2D eigenvalue weighted by Crippen LogP contribution is 2.17. The lowest BCUT2D eigenvalue weighted by Gasteiger charge is -2.29. The van der Waals surface area contributed by atoms with Crippen LogP contribution < -0.4 is 0 Å². The fraction of sp³-hybridized carbons (Fsp3) is 0.538. The summed E-state index contributed by atoms with van der Waals surface area (Å²) in [5.74, 6) is 0.693. The zero-order valence-electron chi connectivity index (χ0n) is 19.2. The molecule has 1 aromatic carbocycles. The van der Waals surface area contributed by atoms with E-state index >= 15 is 0 Å². The van der Waals surface area contributed by atoms with Crippen molar-refractivity contribution in [1.29, 1.82) is 0 Å². The Kier molecular flexibility index (Phi) is 9.82. The van der Waals surface area contributed by atoms with Gasteiger partial charge in [-0.25, -0.2) is 0 Å². The third-order valence-electron chi connectivity index (χ3n) is 5.87. The lowest BCUT2D eigenvalue weighted by Crippen LogP contribution is -2.45. The second kappa shape index (κ2) is 13.1. The number of ether oxygens (including phenoxy) is 1. The first-order chi connectivity index (χ1) is 15.7. The van der Waals surface area contributed by atoms with Crippen molar-refractivity contribution in [3.05, 3.63) is 60.1 Å². The van der Waals surface area contributed by atoms with E-state index in [2.05, 4.69) is 6.92 Å². The van der Waals surface area contributed by atoms with Gasteiger partial charge >= 0.3 is 0 Å². The van der Waals surface area contributed by atoms with Crippen LogP contribution in [-0.4, -0.2) is 47.4 Å². The molecule has 2 amide bonds. The molecule has 1 unspecified atom stereocenters. The summed E-state index contributed by atoms with van der Waals surface area (Å²) in [5, 5.41) is 0. The van der Waals surface area contributed by atoms with E-state index in [0.29, 0.717) is 26.1 Å². The Morgan fingerprint density at radius 2 is 1.81 bits per heavy atom. The summed E-state index contributed by atoms with van der Waals surface area (Å²) in [6, 6.07) is 13.6. The fourth-order valence-electron chi connectivity index (χ4n) is 4.04. The summed E-state index contributed by atoms with van der Waals surface area (Å²) in [6.07, 6.45) is 8.24.